The van der Waals surface area contributed by atoms with Crippen LogP contribution in [0, 0.1) is 0 Å². The summed E-state index contributed by atoms with van der Waals surface area (Å²) in [6, 6.07) is 0. The van der Waals surface area contributed by atoms with Gasteiger partial charge in [0, 0.05) is 27.9 Å². The van der Waals surface area contributed by atoms with Crippen molar-refractivity contribution in [2.45, 2.75) is 6.92 Å². The first-order valence-electron chi connectivity index (χ1n) is 1.37. The Hall–Kier alpha value is 0.240. The summed E-state index contributed by atoms with van der Waals surface area (Å²) in [5.41, 5.74) is 0. The van der Waals surface area contributed by atoms with E-state index in [2.05, 4.69) is 15.6 Å². The molecule has 0 aliphatic heterocycles. The molecule has 0 aliphatic rings. The molecule has 0 fully saturated rings. The average Bonchev–Trinajstić information content (AvgIpc) is 1.41. The third-order valence-corrected chi connectivity index (χ3v) is 0.862. The molecule has 0 radical (unpaired) electrons. The first-order chi connectivity index (χ1) is 2.41. The molecule has 0 bridgehead atoms. The van der Waals surface area contributed by atoms with Crippen LogP contribution in [0.3, 0.4) is 0 Å². The minimum absolute atomic E-state index is 0.828. The lowest BCUT2D eigenvalue weighted by atomic mass is 10.8. The fourth-order valence-electron chi connectivity index (χ4n) is 0.0527. The third kappa shape index (κ3) is 4.24. The molecule has 0 N–H and O–H groups in total. The van der Waals surface area contributed by atoms with Crippen LogP contribution in [-0.2, 0) is 21.3 Å². The van der Waals surface area contributed by atoms with Gasteiger partial charge in [-0.05, 0) is 6.92 Å². The lowest BCUT2D eigenvalue weighted by molar-refractivity contribution is 1.16. The molecule has 3 heteroatoms. The maximum absolute atomic E-state index is 4.40. The lowest BCUT2D eigenvalue weighted by Crippen LogP contribution is -1.55. The maximum Gasteiger partial charge on any atom is 0.0492 e. The molecule has 0 saturated carbocycles. The predicted molar refractivity (Wildman–Crippen MR) is 27.7 cm³/mol. The highest BCUT2D eigenvalue weighted by Gasteiger charge is 1.49. The second-order valence-corrected chi connectivity index (χ2v) is 1.37. The van der Waals surface area contributed by atoms with Gasteiger partial charge in [0.2, 0.25) is 0 Å². The van der Waals surface area contributed by atoms with Crippen LogP contribution < -0.4 is 0 Å². The van der Waals surface area contributed by atoms with Crippen LogP contribution >= 0.6 is 0 Å². The van der Waals surface area contributed by atoms with Crippen LogP contribution in [0.25, 0.3) is 0 Å². The zero-order valence-electron chi connectivity index (χ0n) is 2.97. The molecular weight excluding hydrogens is 102 g/mol. The lowest BCUT2D eigenvalue weighted by Gasteiger charge is -1.60. The molecule has 0 rings (SSSR count). The average molecular weight is 107 g/mol. The van der Waals surface area contributed by atoms with Gasteiger partial charge in [-0.15, -0.1) is 0 Å². The Morgan fingerprint density at radius 2 is 2.60 bits per heavy atom. The largest absolute Gasteiger partial charge is 0.220 e. The van der Waals surface area contributed by atoms with Crippen molar-refractivity contribution in [1.82, 2.24) is 0 Å². The van der Waals surface area contributed by atoms with E-state index < -0.39 is 0 Å². The van der Waals surface area contributed by atoms with Crippen molar-refractivity contribution in [3.63, 3.8) is 0 Å². The summed E-state index contributed by atoms with van der Waals surface area (Å²) in [4.78, 5) is 0. The highest BCUT2D eigenvalue weighted by molar-refractivity contribution is 8.12. The van der Waals surface area contributed by atoms with E-state index in [0.717, 1.165) is 16.7 Å². The van der Waals surface area contributed by atoms with Crippen LogP contribution in [-0.4, -0.2) is 6.54 Å². The van der Waals surface area contributed by atoms with E-state index in [9.17, 15) is 0 Å². The van der Waals surface area contributed by atoms with Gasteiger partial charge in [-0.25, -0.2) is 4.36 Å². The van der Waals surface area contributed by atoms with Crippen LogP contribution in [0.1, 0.15) is 6.92 Å². The van der Waals surface area contributed by atoms with E-state index in [4.69, 9.17) is 0 Å². The van der Waals surface area contributed by atoms with Gasteiger partial charge in [0.1, 0.15) is 0 Å². The summed E-state index contributed by atoms with van der Waals surface area (Å²) < 4.78 is 3.70. The molecule has 5 heavy (non-hydrogen) atoms. The number of hydrogen-bond acceptors (Lipinski definition) is 2. The zero-order valence-corrected chi connectivity index (χ0v) is 4.60. The van der Waals surface area contributed by atoms with E-state index in [1.54, 1.807) is 0 Å². The standard InChI is InChI=1S/C2H5NS2/c1-2-3-5-4/h2H2,1H3. The Kier molecular flexibility index (Phi) is 4.44. The fraction of sp³-hybridized carbons (Fsp3) is 1.00. The van der Waals surface area contributed by atoms with Gasteiger partial charge < -0.3 is 0 Å². The highest BCUT2D eigenvalue weighted by atomic mass is 32.8. The summed E-state index contributed by atoms with van der Waals surface area (Å²) in [5.74, 6) is 0. The minimum atomic E-state index is 0.828. The van der Waals surface area contributed by atoms with Crippen molar-refractivity contribution in [2.24, 2.45) is 4.36 Å². The predicted octanol–water partition coefficient (Wildman–Crippen LogP) is 0.734. The topological polar surface area (TPSA) is 12.4 Å². The van der Waals surface area contributed by atoms with Crippen molar-refractivity contribution in [3.8, 4) is 0 Å². The van der Waals surface area contributed by atoms with E-state index in [1.807, 2.05) is 6.92 Å². The molecular formula is C2H5NS2. The Labute approximate surface area is 39.8 Å². The Morgan fingerprint density at radius 3 is 2.60 bits per heavy atom. The quantitative estimate of drug-likeness (QED) is 0.481. The smallest absolute Gasteiger partial charge is 0.0492 e. The molecule has 0 aromatic heterocycles. The third-order valence-electron chi connectivity index (χ3n) is 0.182. The summed E-state index contributed by atoms with van der Waals surface area (Å²) in [5, 5.41) is 0. The van der Waals surface area contributed by atoms with Crippen molar-refractivity contribution in [1.29, 1.82) is 0 Å². The normalized spacial score (nSPS) is 6.60. The van der Waals surface area contributed by atoms with Crippen molar-refractivity contribution < 1.29 is 0 Å². The van der Waals surface area contributed by atoms with Crippen LogP contribution in [0.2, 0.25) is 0 Å². The van der Waals surface area contributed by atoms with Gasteiger partial charge in [-0.1, -0.05) is 0 Å². The first-order valence-corrected chi connectivity index (χ1v) is 3.07. The second kappa shape index (κ2) is 4.24. The summed E-state index contributed by atoms with van der Waals surface area (Å²) >= 11 is 4.40. The molecule has 0 spiro atoms. The van der Waals surface area contributed by atoms with Crippen LogP contribution in [0.15, 0.2) is 4.36 Å². The first kappa shape index (κ1) is 5.24. The summed E-state index contributed by atoms with van der Waals surface area (Å²) in [6.07, 6.45) is 0. The number of hydrogen-bond donors (Lipinski definition) is 0. The number of nitrogens with zero attached hydrogens (tertiary/aromatic N) is 1. The van der Waals surface area contributed by atoms with Crippen molar-refractivity contribution in [2.75, 3.05) is 6.54 Å². The fourth-order valence-corrected chi connectivity index (χ4v) is 0.474. The van der Waals surface area contributed by atoms with Gasteiger partial charge in [0.25, 0.3) is 0 Å². The van der Waals surface area contributed by atoms with E-state index in [-0.39, 0.29) is 0 Å². The second-order valence-electron chi connectivity index (χ2n) is 0.520. The highest BCUT2D eigenvalue weighted by Crippen LogP contribution is 1.55. The van der Waals surface area contributed by atoms with E-state index in [1.165, 1.54) is 0 Å². The Bertz CT molecular complexity index is 54.7. The molecule has 0 saturated heterocycles. The summed E-state index contributed by atoms with van der Waals surface area (Å²) in [7, 11) is 1.11. The van der Waals surface area contributed by atoms with E-state index in [0.29, 0.717) is 0 Å². The molecule has 0 unspecified atom stereocenters. The number of rotatable bonds is 1. The van der Waals surface area contributed by atoms with Crippen LogP contribution in [0.4, 0.5) is 0 Å². The Morgan fingerprint density at radius 1 is 2.00 bits per heavy atom. The summed E-state index contributed by atoms with van der Waals surface area (Å²) in [6.45, 7) is 2.79. The molecule has 0 aliphatic carbocycles. The molecule has 1 nitrogen and oxygen atoms in total. The van der Waals surface area contributed by atoms with E-state index >= 15 is 0 Å². The molecule has 0 heterocycles. The monoisotopic (exact) mass is 107 g/mol. The zero-order chi connectivity index (χ0) is 4.12. The molecule has 0 aromatic rings. The van der Waals surface area contributed by atoms with Gasteiger partial charge in [0.15, 0.2) is 0 Å². The maximum atomic E-state index is 4.40. The SMILES string of the molecule is CCN=S=S. The minimum Gasteiger partial charge on any atom is -0.220 e. The van der Waals surface area contributed by atoms with Gasteiger partial charge in [-0.3, -0.25) is 0 Å². The molecule has 0 atom stereocenters. The molecule has 30 valence electrons. The van der Waals surface area contributed by atoms with Crippen molar-refractivity contribution in [3.05, 3.63) is 0 Å². The van der Waals surface area contributed by atoms with Crippen LogP contribution in [0.5, 0.6) is 0 Å². The van der Waals surface area contributed by atoms with Gasteiger partial charge >= 0.3 is 0 Å². The molecule has 0 amide bonds. The molecule has 0 aromatic carbocycles. The van der Waals surface area contributed by atoms with Gasteiger partial charge in [0.05, 0.1) is 0 Å². The Balaban J connectivity index is 2.93. The van der Waals surface area contributed by atoms with Crippen molar-refractivity contribution >= 4 is 21.3 Å². The van der Waals surface area contributed by atoms with Gasteiger partial charge in [-0.2, -0.15) is 0 Å².